The summed E-state index contributed by atoms with van der Waals surface area (Å²) in [4.78, 5) is 12.7. The molecule has 1 heterocycles. The van der Waals surface area contributed by atoms with Gasteiger partial charge in [0.15, 0.2) is 5.60 Å². The van der Waals surface area contributed by atoms with Gasteiger partial charge in [-0.05, 0) is 35.2 Å². The maximum absolute atomic E-state index is 11.7. The van der Waals surface area contributed by atoms with E-state index >= 15 is 0 Å². The second-order valence-corrected chi connectivity index (χ2v) is 6.91. The smallest absolute Gasteiger partial charge is 0.342 e. The number of aliphatic hydroxyl groups excluding tert-OH is 2. The number of aliphatic hydroxyl groups is 3. The van der Waals surface area contributed by atoms with Crippen molar-refractivity contribution >= 4 is 33.5 Å². The maximum Gasteiger partial charge on any atom is 0.342 e. The van der Waals surface area contributed by atoms with E-state index in [0.717, 1.165) is 22.1 Å². The van der Waals surface area contributed by atoms with Crippen molar-refractivity contribution in [2.45, 2.75) is 24.2 Å². The number of carbonyl (C=O) groups is 1. The fourth-order valence-electron chi connectivity index (χ4n) is 2.80. The summed E-state index contributed by atoms with van der Waals surface area (Å²) in [6.07, 6.45) is 1.92. The lowest BCUT2D eigenvalue weighted by molar-refractivity contribution is -0.162. The molecule has 1 aliphatic rings. The second-order valence-electron chi connectivity index (χ2n) is 5.80. The average molecular weight is 346 g/mol. The highest BCUT2D eigenvalue weighted by Gasteiger charge is 2.43. The molecular weight excluding hydrogens is 328 g/mol. The van der Waals surface area contributed by atoms with Crippen LogP contribution in [0.4, 0.5) is 0 Å². The highest BCUT2D eigenvalue weighted by Crippen LogP contribution is 2.31. The van der Waals surface area contributed by atoms with Gasteiger partial charge in [-0.1, -0.05) is 24.3 Å². The number of hydrogen-bond donors (Lipinski definition) is 3. The Bertz CT molecular complexity index is 789. The van der Waals surface area contributed by atoms with Crippen LogP contribution in [0.25, 0.3) is 16.2 Å². The third-order valence-electron chi connectivity index (χ3n) is 4.06. The first-order valence-corrected chi connectivity index (χ1v) is 8.31. The summed E-state index contributed by atoms with van der Waals surface area (Å²) in [6.45, 7) is 0. The summed E-state index contributed by atoms with van der Waals surface area (Å²) in [6, 6.07) is 9.97. The van der Waals surface area contributed by atoms with E-state index in [2.05, 4.69) is 4.74 Å². The minimum Gasteiger partial charge on any atom is -0.467 e. The van der Waals surface area contributed by atoms with E-state index in [9.17, 15) is 20.1 Å². The van der Waals surface area contributed by atoms with Gasteiger partial charge in [0.05, 0.1) is 13.2 Å². The van der Waals surface area contributed by atoms with E-state index in [0.29, 0.717) is 0 Å². The van der Waals surface area contributed by atoms with Gasteiger partial charge in [-0.2, -0.15) is 0 Å². The van der Waals surface area contributed by atoms with Gasteiger partial charge in [0, 0.05) is 16.0 Å². The van der Waals surface area contributed by atoms with Gasteiger partial charge in [0.2, 0.25) is 0 Å². The topological polar surface area (TPSA) is 87.0 Å². The van der Waals surface area contributed by atoms with E-state index in [-0.39, 0.29) is 12.0 Å². The predicted molar refractivity (Wildman–Crippen MR) is 92.5 cm³/mol. The molecule has 24 heavy (non-hydrogen) atoms. The van der Waals surface area contributed by atoms with Crippen LogP contribution in [0.3, 0.4) is 0 Å². The Morgan fingerprint density at radius 1 is 1.33 bits per heavy atom. The molecule has 0 spiro atoms. The Labute approximate surface area is 143 Å². The summed E-state index contributed by atoms with van der Waals surface area (Å²) >= 11 is 1.59. The quantitative estimate of drug-likeness (QED) is 0.739. The highest BCUT2D eigenvalue weighted by atomic mass is 32.1. The van der Waals surface area contributed by atoms with Gasteiger partial charge in [0.25, 0.3) is 0 Å². The molecule has 0 saturated carbocycles. The fraction of sp³-hybridized carbons (Fsp3) is 0.278. The van der Waals surface area contributed by atoms with E-state index < -0.39 is 23.8 Å². The Morgan fingerprint density at radius 2 is 2.08 bits per heavy atom. The summed E-state index contributed by atoms with van der Waals surface area (Å²) < 4.78 is 5.72. The minimum absolute atomic E-state index is 0.277. The molecule has 0 amide bonds. The number of fused-ring (bicyclic) bond motifs is 1. The van der Waals surface area contributed by atoms with Crippen LogP contribution in [0.5, 0.6) is 0 Å². The maximum atomic E-state index is 11.7. The molecule has 5 nitrogen and oxygen atoms in total. The third-order valence-corrected chi connectivity index (χ3v) is 5.14. The Morgan fingerprint density at radius 3 is 2.79 bits per heavy atom. The largest absolute Gasteiger partial charge is 0.467 e. The highest BCUT2D eigenvalue weighted by molar-refractivity contribution is 7.19. The van der Waals surface area contributed by atoms with Crippen molar-refractivity contribution in [1.82, 2.24) is 0 Å². The van der Waals surface area contributed by atoms with E-state index in [1.807, 2.05) is 30.3 Å². The van der Waals surface area contributed by atoms with E-state index in [1.165, 1.54) is 6.08 Å². The second kappa shape index (κ2) is 6.49. The van der Waals surface area contributed by atoms with Crippen molar-refractivity contribution in [1.29, 1.82) is 0 Å². The normalized spacial score (nSPS) is 27.4. The van der Waals surface area contributed by atoms with Crippen molar-refractivity contribution in [3.05, 3.63) is 52.9 Å². The molecule has 126 valence electrons. The molecule has 3 N–H and O–H groups in total. The number of ether oxygens (including phenoxy) is 1. The molecule has 6 heteroatoms. The molecule has 1 aliphatic carbocycles. The Hall–Kier alpha value is -1.99. The molecule has 1 aromatic heterocycles. The third kappa shape index (κ3) is 3.14. The van der Waals surface area contributed by atoms with Gasteiger partial charge in [-0.15, -0.1) is 11.3 Å². The average Bonchev–Trinajstić information content (AvgIpc) is 2.99. The number of hydrogen-bond acceptors (Lipinski definition) is 6. The number of rotatable bonds is 3. The molecule has 0 saturated heterocycles. The van der Waals surface area contributed by atoms with Crippen LogP contribution in [0.1, 0.15) is 11.3 Å². The first-order chi connectivity index (χ1) is 11.4. The molecule has 2 aromatic rings. The molecular formula is C18H18O5S. The molecule has 0 fully saturated rings. The minimum atomic E-state index is -1.94. The molecule has 0 bridgehead atoms. The number of benzene rings is 1. The van der Waals surface area contributed by atoms with E-state index in [4.69, 9.17) is 0 Å². The lowest BCUT2D eigenvalue weighted by Crippen LogP contribution is -2.48. The predicted octanol–water partition coefficient (Wildman–Crippen LogP) is 1.87. The van der Waals surface area contributed by atoms with Crippen molar-refractivity contribution < 1.29 is 24.9 Å². The number of esters is 1. The summed E-state index contributed by atoms with van der Waals surface area (Å²) in [5, 5.41) is 31.5. The van der Waals surface area contributed by atoms with Crippen LogP contribution in [-0.4, -0.2) is 46.2 Å². The fourth-order valence-corrected chi connectivity index (χ4v) is 3.77. The Balaban J connectivity index is 1.92. The molecule has 0 aliphatic heterocycles. The Kier molecular flexibility index (Phi) is 4.56. The number of carbonyl (C=O) groups excluding carboxylic acids is 1. The zero-order valence-electron chi connectivity index (χ0n) is 13.0. The van der Waals surface area contributed by atoms with Crippen molar-refractivity contribution in [2.75, 3.05) is 7.11 Å². The van der Waals surface area contributed by atoms with Gasteiger partial charge in [-0.25, -0.2) is 4.79 Å². The first kappa shape index (κ1) is 16.9. The van der Waals surface area contributed by atoms with Crippen LogP contribution in [0.2, 0.25) is 0 Å². The SMILES string of the molecule is COC(=O)C1(O)C=C(C=Cc2cc3ccccc3s2)C(O)C(O)C1. The van der Waals surface area contributed by atoms with Gasteiger partial charge < -0.3 is 20.1 Å². The van der Waals surface area contributed by atoms with Gasteiger partial charge >= 0.3 is 5.97 Å². The van der Waals surface area contributed by atoms with Crippen LogP contribution in [0.15, 0.2) is 48.1 Å². The monoisotopic (exact) mass is 346 g/mol. The number of methoxy groups -OCH3 is 1. The lowest BCUT2D eigenvalue weighted by atomic mass is 9.82. The van der Waals surface area contributed by atoms with E-state index in [1.54, 1.807) is 23.5 Å². The molecule has 3 unspecified atom stereocenters. The van der Waals surface area contributed by atoms with Crippen molar-refractivity contribution in [3.8, 4) is 0 Å². The lowest BCUT2D eigenvalue weighted by Gasteiger charge is -2.33. The van der Waals surface area contributed by atoms with Crippen molar-refractivity contribution in [2.24, 2.45) is 0 Å². The molecule has 3 atom stereocenters. The van der Waals surface area contributed by atoms with Gasteiger partial charge in [-0.3, -0.25) is 0 Å². The molecule has 3 rings (SSSR count). The molecule has 0 radical (unpaired) electrons. The van der Waals surface area contributed by atoms with Crippen LogP contribution >= 0.6 is 11.3 Å². The van der Waals surface area contributed by atoms with Crippen LogP contribution < -0.4 is 0 Å². The molecule has 1 aromatic carbocycles. The van der Waals surface area contributed by atoms with Crippen LogP contribution in [-0.2, 0) is 9.53 Å². The summed E-state index contributed by atoms with van der Waals surface area (Å²) in [7, 11) is 1.16. The summed E-state index contributed by atoms with van der Waals surface area (Å²) in [5.41, 5.74) is -1.66. The van der Waals surface area contributed by atoms with Crippen molar-refractivity contribution in [3.63, 3.8) is 0 Å². The van der Waals surface area contributed by atoms with Crippen LogP contribution in [0, 0.1) is 0 Å². The first-order valence-electron chi connectivity index (χ1n) is 7.49. The zero-order valence-corrected chi connectivity index (χ0v) is 13.9. The standard InChI is InChI=1S/C18H18O5S/c1-23-17(21)18(22)9-12(16(20)14(19)10-18)6-7-13-8-11-4-2-3-5-15(11)24-13/h2-9,14,16,19-20,22H,10H2,1H3. The zero-order chi connectivity index (χ0) is 17.3. The van der Waals surface area contributed by atoms with Gasteiger partial charge in [0.1, 0.15) is 6.10 Å². The number of thiophene rings is 1. The summed E-state index contributed by atoms with van der Waals surface area (Å²) in [5.74, 6) is -0.860.